The normalized spacial score (nSPS) is 16.8. The van der Waals surface area contributed by atoms with Crippen molar-refractivity contribution in [1.29, 1.82) is 0 Å². The highest BCUT2D eigenvalue weighted by atomic mass is 16.3. The fraction of sp³-hybridized carbons (Fsp3) is 0.323. The highest BCUT2D eigenvalue weighted by Gasteiger charge is 2.39. The lowest BCUT2D eigenvalue weighted by Crippen LogP contribution is -2.50. The van der Waals surface area contributed by atoms with Crippen molar-refractivity contribution >= 4 is 16.9 Å². The summed E-state index contributed by atoms with van der Waals surface area (Å²) >= 11 is 0. The van der Waals surface area contributed by atoms with Crippen LogP contribution in [0.15, 0.2) is 78.2 Å². The van der Waals surface area contributed by atoms with E-state index in [1.165, 1.54) is 17.1 Å². The van der Waals surface area contributed by atoms with Gasteiger partial charge in [-0.2, -0.15) is 10.2 Å². The second kappa shape index (κ2) is 9.81. The number of aliphatic hydroxyl groups is 1. The average Bonchev–Trinajstić information content (AvgIpc) is 3.50. The maximum absolute atomic E-state index is 13.3. The fourth-order valence-corrected chi connectivity index (χ4v) is 5.78. The van der Waals surface area contributed by atoms with Gasteiger partial charge in [-0.1, -0.05) is 18.2 Å². The minimum atomic E-state index is -1.06. The topological polar surface area (TPSA) is 111 Å². The number of fused-ring (bicyclic) bond motifs is 1. The third-order valence-corrected chi connectivity index (χ3v) is 8.35. The van der Waals surface area contributed by atoms with Gasteiger partial charge in [0, 0.05) is 31.4 Å². The SMILES string of the molecule is Cc1cc(-n2cccn2)ccc1-c1ccc(-n2ncc3c(=O)n(CC4(O)CCN(C(=O)C5CC5)CC4)cnc32)cc1. The number of carbonyl (C=O) groups excluding carboxylic acids is 1. The molecule has 7 rings (SSSR count). The molecule has 1 aliphatic carbocycles. The molecular weight excluding hydrogens is 518 g/mol. The summed E-state index contributed by atoms with van der Waals surface area (Å²) in [7, 11) is 0. The van der Waals surface area contributed by atoms with Gasteiger partial charge in [0.1, 0.15) is 11.7 Å². The lowest BCUT2D eigenvalue weighted by Gasteiger charge is -2.38. The molecule has 5 aromatic rings. The van der Waals surface area contributed by atoms with Gasteiger partial charge in [-0.05, 0) is 79.6 Å². The molecule has 0 unspecified atom stereocenters. The molecule has 1 saturated heterocycles. The Morgan fingerprint density at radius 1 is 1.05 bits per heavy atom. The first-order chi connectivity index (χ1) is 19.9. The zero-order valence-corrected chi connectivity index (χ0v) is 22.8. The van der Waals surface area contributed by atoms with Crippen LogP contribution in [0.3, 0.4) is 0 Å². The molecule has 10 heteroatoms. The first kappa shape index (κ1) is 25.4. The molecule has 1 N–H and O–H groups in total. The van der Waals surface area contributed by atoms with E-state index in [1.54, 1.807) is 10.9 Å². The van der Waals surface area contributed by atoms with E-state index < -0.39 is 5.60 Å². The van der Waals surface area contributed by atoms with Gasteiger partial charge < -0.3 is 10.0 Å². The summed E-state index contributed by atoms with van der Waals surface area (Å²) in [6.45, 7) is 3.24. The molecule has 10 nitrogen and oxygen atoms in total. The molecule has 0 bridgehead atoms. The fourth-order valence-electron chi connectivity index (χ4n) is 5.78. The quantitative estimate of drug-likeness (QED) is 0.347. The largest absolute Gasteiger partial charge is 0.388 e. The summed E-state index contributed by atoms with van der Waals surface area (Å²) in [5.74, 6) is 0.373. The summed E-state index contributed by atoms with van der Waals surface area (Å²) < 4.78 is 4.96. The molecule has 41 heavy (non-hydrogen) atoms. The van der Waals surface area contributed by atoms with E-state index >= 15 is 0 Å². The minimum absolute atomic E-state index is 0.138. The van der Waals surface area contributed by atoms with Gasteiger partial charge in [0.05, 0.1) is 29.7 Å². The zero-order chi connectivity index (χ0) is 28.1. The minimum Gasteiger partial charge on any atom is -0.388 e. The van der Waals surface area contributed by atoms with Gasteiger partial charge in [-0.3, -0.25) is 14.2 Å². The Labute approximate surface area is 236 Å². The number of benzene rings is 2. The molecule has 1 aliphatic heterocycles. The van der Waals surface area contributed by atoms with Crippen molar-refractivity contribution in [2.24, 2.45) is 5.92 Å². The number of hydrogen-bond acceptors (Lipinski definition) is 6. The van der Waals surface area contributed by atoms with Crippen molar-refractivity contribution in [1.82, 2.24) is 34.0 Å². The lowest BCUT2D eigenvalue weighted by atomic mass is 9.91. The second-order valence-corrected chi connectivity index (χ2v) is 11.3. The van der Waals surface area contributed by atoms with Crippen molar-refractivity contribution in [2.45, 2.75) is 44.8 Å². The van der Waals surface area contributed by atoms with E-state index in [0.29, 0.717) is 37.0 Å². The van der Waals surface area contributed by atoms with Crippen LogP contribution >= 0.6 is 0 Å². The van der Waals surface area contributed by atoms with Crippen molar-refractivity contribution in [3.05, 3.63) is 89.4 Å². The van der Waals surface area contributed by atoms with Crippen LogP contribution in [-0.2, 0) is 11.3 Å². The Kier molecular flexibility index (Phi) is 6.08. The van der Waals surface area contributed by atoms with Crippen LogP contribution in [0.25, 0.3) is 33.5 Å². The Balaban J connectivity index is 1.09. The van der Waals surface area contributed by atoms with E-state index in [-0.39, 0.29) is 23.9 Å². The highest BCUT2D eigenvalue weighted by molar-refractivity contribution is 5.81. The number of rotatable bonds is 6. The van der Waals surface area contributed by atoms with E-state index in [4.69, 9.17) is 0 Å². The maximum Gasteiger partial charge on any atom is 0.264 e. The molecule has 0 spiro atoms. The van der Waals surface area contributed by atoms with Crippen LogP contribution in [0.1, 0.15) is 31.2 Å². The smallest absolute Gasteiger partial charge is 0.264 e. The molecular formula is C31H31N7O3. The molecule has 3 aromatic heterocycles. The van der Waals surface area contributed by atoms with Crippen molar-refractivity contribution in [3.8, 4) is 22.5 Å². The summed E-state index contributed by atoms with van der Waals surface area (Å²) in [6.07, 6.45) is 9.52. The van der Waals surface area contributed by atoms with Crippen LogP contribution in [0, 0.1) is 12.8 Å². The van der Waals surface area contributed by atoms with Crippen molar-refractivity contribution in [2.75, 3.05) is 13.1 Å². The van der Waals surface area contributed by atoms with E-state index in [2.05, 4.69) is 34.2 Å². The average molecular weight is 550 g/mol. The summed E-state index contributed by atoms with van der Waals surface area (Å²) in [4.78, 5) is 32.1. The number of aromatic nitrogens is 6. The standard InChI is InChI=1S/C31H31N7O3/c1-21-17-25(37-14-2-13-33-37)9-10-26(21)22-5-7-24(8-6-22)38-28-27(18-34-38)30(40)36(20-32-28)19-31(41)11-15-35(16-12-31)29(39)23-3-4-23/h2,5-10,13-14,17-18,20,23,41H,3-4,11-12,15-16,19H2,1H3. The molecule has 208 valence electrons. The number of likely N-dealkylation sites (tertiary alicyclic amines) is 1. The number of aryl methyl sites for hydroxylation is 1. The van der Waals surface area contributed by atoms with Crippen LogP contribution < -0.4 is 5.56 Å². The van der Waals surface area contributed by atoms with Gasteiger partial charge in [0.2, 0.25) is 5.91 Å². The van der Waals surface area contributed by atoms with Crippen LogP contribution in [0.2, 0.25) is 0 Å². The monoisotopic (exact) mass is 549 g/mol. The third-order valence-electron chi connectivity index (χ3n) is 8.35. The van der Waals surface area contributed by atoms with Gasteiger partial charge in [0.15, 0.2) is 5.65 Å². The maximum atomic E-state index is 13.3. The third kappa shape index (κ3) is 4.74. The van der Waals surface area contributed by atoms with E-state index in [1.807, 2.05) is 52.2 Å². The Bertz CT molecular complexity index is 1790. The predicted octanol–water partition coefficient (Wildman–Crippen LogP) is 3.51. The Morgan fingerprint density at radius 2 is 1.80 bits per heavy atom. The number of nitrogens with zero attached hydrogens (tertiary/aromatic N) is 7. The van der Waals surface area contributed by atoms with Gasteiger partial charge in [-0.25, -0.2) is 14.3 Å². The van der Waals surface area contributed by atoms with Crippen LogP contribution in [-0.4, -0.2) is 63.7 Å². The lowest BCUT2D eigenvalue weighted by molar-refractivity contribution is -0.137. The van der Waals surface area contributed by atoms with Crippen LogP contribution in [0.4, 0.5) is 0 Å². The highest BCUT2D eigenvalue weighted by Crippen LogP contribution is 2.33. The summed E-state index contributed by atoms with van der Waals surface area (Å²) in [5, 5.41) is 20.4. The number of piperidine rings is 1. The number of amides is 1. The summed E-state index contributed by atoms with van der Waals surface area (Å²) in [5.41, 5.74) is 4.31. The number of hydrogen-bond donors (Lipinski definition) is 1. The van der Waals surface area contributed by atoms with Crippen molar-refractivity contribution < 1.29 is 9.90 Å². The summed E-state index contributed by atoms with van der Waals surface area (Å²) in [6, 6.07) is 16.2. The number of carbonyl (C=O) groups is 1. The van der Waals surface area contributed by atoms with Crippen molar-refractivity contribution in [3.63, 3.8) is 0 Å². The van der Waals surface area contributed by atoms with Gasteiger partial charge in [0.25, 0.3) is 5.56 Å². The molecule has 0 atom stereocenters. The van der Waals surface area contributed by atoms with Gasteiger partial charge >= 0.3 is 0 Å². The molecule has 4 heterocycles. The molecule has 2 fully saturated rings. The molecule has 1 amide bonds. The molecule has 1 saturated carbocycles. The second-order valence-electron chi connectivity index (χ2n) is 11.3. The van der Waals surface area contributed by atoms with E-state index in [9.17, 15) is 14.7 Å². The Hall–Kier alpha value is -4.57. The van der Waals surface area contributed by atoms with Crippen LogP contribution in [0.5, 0.6) is 0 Å². The zero-order valence-electron chi connectivity index (χ0n) is 22.8. The Morgan fingerprint density at radius 3 is 2.49 bits per heavy atom. The first-order valence-corrected chi connectivity index (χ1v) is 14.0. The van der Waals surface area contributed by atoms with E-state index in [0.717, 1.165) is 40.9 Å². The predicted molar refractivity (Wildman–Crippen MR) is 154 cm³/mol. The first-order valence-electron chi connectivity index (χ1n) is 14.0. The van der Waals surface area contributed by atoms with Gasteiger partial charge in [-0.15, -0.1) is 0 Å². The molecule has 2 aliphatic rings. The molecule has 0 radical (unpaired) electrons. The molecule has 2 aromatic carbocycles.